The fraction of sp³-hybridized carbons (Fsp3) is 0.480. The molecular formula is C25H36INO3Si. The number of amides is 1. The van der Waals surface area contributed by atoms with Crippen molar-refractivity contribution in [2.45, 2.75) is 64.6 Å². The second kappa shape index (κ2) is 11.0. The van der Waals surface area contributed by atoms with Gasteiger partial charge in [0.2, 0.25) is 0 Å². The molecule has 0 aliphatic heterocycles. The van der Waals surface area contributed by atoms with E-state index in [1.807, 2.05) is 32.9 Å². The van der Waals surface area contributed by atoms with Crippen LogP contribution in [-0.4, -0.2) is 37.1 Å². The van der Waals surface area contributed by atoms with E-state index in [9.17, 15) is 4.79 Å². The van der Waals surface area contributed by atoms with Crippen LogP contribution in [0, 0.1) is 0 Å². The summed E-state index contributed by atoms with van der Waals surface area (Å²) < 4.78 is 13.1. The number of hydrogen-bond acceptors (Lipinski definition) is 3. The molecule has 0 fully saturated rings. The average Bonchev–Trinajstić information content (AvgIpc) is 2.69. The lowest BCUT2D eigenvalue weighted by Gasteiger charge is -2.43. The molecule has 0 unspecified atom stereocenters. The maximum Gasteiger partial charge on any atom is 0.407 e. The molecule has 2 aromatic carbocycles. The highest BCUT2D eigenvalue weighted by Gasteiger charge is 2.50. The van der Waals surface area contributed by atoms with Gasteiger partial charge < -0.3 is 14.5 Å². The van der Waals surface area contributed by atoms with Crippen molar-refractivity contribution in [2.24, 2.45) is 0 Å². The highest BCUT2D eigenvalue weighted by molar-refractivity contribution is 14.1. The number of benzene rings is 2. The number of alkyl carbamates (subject to hydrolysis) is 1. The van der Waals surface area contributed by atoms with Crippen molar-refractivity contribution in [3.05, 3.63) is 60.7 Å². The molecular weight excluding hydrogens is 517 g/mol. The van der Waals surface area contributed by atoms with E-state index >= 15 is 0 Å². The second-order valence-electron chi connectivity index (χ2n) is 9.80. The Morgan fingerprint density at radius 3 is 1.81 bits per heavy atom. The molecule has 0 heterocycles. The van der Waals surface area contributed by atoms with Crippen molar-refractivity contribution in [2.75, 3.05) is 11.0 Å². The summed E-state index contributed by atoms with van der Waals surface area (Å²) in [5.74, 6) is 0. The summed E-state index contributed by atoms with van der Waals surface area (Å²) in [5.41, 5.74) is -0.509. The first-order valence-corrected chi connectivity index (χ1v) is 14.2. The number of carbonyl (C=O) groups excluding carboxylic acids is 1. The maximum atomic E-state index is 12.2. The number of rotatable bonds is 8. The predicted molar refractivity (Wildman–Crippen MR) is 140 cm³/mol. The molecule has 1 N–H and O–H groups in total. The van der Waals surface area contributed by atoms with Gasteiger partial charge in [-0.25, -0.2) is 4.79 Å². The SMILES string of the molecule is CC(C)(C)OC(=O)N[C@@H](CI)CCO[Si](c1ccccc1)(c1ccccc1)C(C)(C)C. The Bertz CT molecular complexity index is 777. The van der Waals surface area contributed by atoms with Crippen LogP contribution in [-0.2, 0) is 9.16 Å². The van der Waals surface area contributed by atoms with Crippen LogP contribution in [0.1, 0.15) is 48.0 Å². The van der Waals surface area contributed by atoms with Crippen LogP contribution in [0.5, 0.6) is 0 Å². The summed E-state index contributed by atoms with van der Waals surface area (Å²) in [5, 5.41) is 5.46. The summed E-state index contributed by atoms with van der Waals surface area (Å²) in [6.45, 7) is 13.0. The van der Waals surface area contributed by atoms with Crippen molar-refractivity contribution < 1.29 is 14.0 Å². The minimum absolute atomic E-state index is 0.00587. The molecule has 0 bridgehead atoms. The van der Waals surface area contributed by atoms with Crippen molar-refractivity contribution >= 4 is 47.4 Å². The first-order valence-electron chi connectivity index (χ1n) is 10.8. The Morgan fingerprint density at radius 1 is 0.935 bits per heavy atom. The van der Waals surface area contributed by atoms with Crippen molar-refractivity contribution in [1.29, 1.82) is 0 Å². The van der Waals surface area contributed by atoms with Crippen molar-refractivity contribution in [1.82, 2.24) is 5.32 Å². The van der Waals surface area contributed by atoms with E-state index in [-0.39, 0.29) is 17.2 Å². The quantitative estimate of drug-likeness (QED) is 0.275. The van der Waals surface area contributed by atoms with Gasteiger partial charge in [-0.3, -0.25) is 0 Å². The Balaban J connectivity index is 2.25. The molecule has 0 radical (unpaired) electrons. The van der Waals surface area contributed by atoms with Gasteiger partial charge in [-0.1, -0.05) is 104 Å². The molecule has 0 aliphatic rings. The van der Waals surface area contributed by atoms with E-state index in [4.69, 9.17) is 9.16 Å². The normalized spacial score (nSPS) is 13.5. The zero-order valence-corrected chi connectivity index (χ0v) is 22.7. The molecule has 170 valence electrons. The lowest BCUT2D eigenvalue weighted by atomic mass is 10.2. The van der Waals surface area contributed by atoms with E-state index in [0.717, 1.165) is 10.8 Å². The molecule has 1 amide bonds. The lowest BCUT2D eigenvalue weighted by Crippen LogP contribution is -2.66. The molecule has 0 saturated heterocycles. The number of alkyl halides is 1. The van der Waals surface area contributed by atoms with E-state index in [2.05, 4.69) is 97.2 Å². The largest absolute Gasteiger partial charge is 0.444 e. The van der Waals surface area contributed by atoms with E-state index < -0.39 is 13.9 Å². The lowest BCUT2D eigenvalue weighted by molar-refractivity contribution is 0.0504. The summed E-state index contributed by atoms with van der Waals surface area (Å²) in [7, 11) is -2.55. The smallest absolute Gasteiger partial charge is 0.407 e. The maximum absolute atomic E-state index is 12.2. The molecule has 1 atom stereocenters. The minimum atomic E-state index is -2.55. The molecule has 0 spiro atoms. The van der Waals surface area contributed by atoms with E-state index in [1.165, 1.54) is 10.4 Å². The second-order valence-corrected chi connectivity index (χ2v) is 15.0. The number of ether oxygens (including phenoxy) is 1. The monoisotopic (exact) mass is 553 g/mol. The Kier molecular flexibility index (Phi) is 9.15. The van der Waals surface area contributed by atoms with Crippen LogP contribution >= 0.6 is 22.6 Å². The summed E-state index contributed by atoms with van der Waals surface area (Å²) >= 11 is 2.31. The standard InChI is InChI=1S/C25H36INO3Si/c1-24(2,3)30-23(28)27-20(19-26)17-18-29-31(25(4,5)6,21-13-9-7-10-14-21)22-15-11-8-12-16-22/h7-16,20H,17-19H2,1-6H3,(H,27,28)/t20-/m1/s1. The van der Waals surface area contributed by atoms with Crippen LogP contribution < -0.4 is 15.7 Å². The summed E-state index contributed by atoms with van der Waals surface area (Å²) in [4.78, 5) is 12.2. The highest BCUT2D eigenvalue weighted by Crippen LogP contribution is 2.36. The van der Waals surface area contributed by atoms with Gasteiger partial charge in [0, 0.05) is 17.1 Å². The molecule has 0 aliphatic carbocycles. The molecule has 6 heteroatoms. The van der Waals surface area contributed by atoms with Gasteiger partial charge in [-0.05, 0) is 42.6 Å². The summed E-state index contributed by atoms with van der Waals surface area (Å²) in [6.07, 6.45) is 0.353. The first kappa shape index (κ1) is 25.9. The topological polar surface area (TPSA) is 47.6 Å². The van der Waals surface area contributed by atoms with Gasteiger partial charge >= 0.3 is 6.09 Å². The predicted octanol–water partition coefficient (Wildman–Crippen LogP) is 5.28. The number of carbonyl (C=O) groups is 1. The van der Waals surface area contributed by atoms with Crippen LogP contribution in [0.25, 0.3) is 0 Å². The third kappa shape index (κ3) is 7.05. The molecule has 0 saturated carbocycles. The zero-order chi connectivity index (χ0) is 23.1. The fourth-order valence-corrected chi connectivity index (χ4v) is 9.02. The molecule has 31 heavy (non-hydrogen) atoms. The average molecular weight is 554 g/mol. The number of nitrogens with one attached hydrogen (secondary N) is 1. The van der Waals surface area contributed by atoms with Crippen molar-refractivity contribution in [3.8, 4) is 0 Å². The van der Waals surface area contributed by atoms with Gasteiger partial charge in [-0.15, -0.1) is 0 Å². The van der Waals surface area contributed by atoms with E-state index in [1.54, 1.807) is 0 Å². The van der Waals surface area contributed by atoms with Crippen LogP contribution in [0.15, 0.2) is 60.7 Å². The number of hydrogen-bond donors (Lipinski definition) is 1. The van der Waals surface area contributed by atoms with E-state index in [0.29, 0.717) is 6.61 Å². The van der Waals surface area contributed by atoms with Gasteiger partial charge in [0.1, 0.15) is 5.60 Å². The third-order valence-corrected chi connectivity index (χ3v) is 11.2. The van der Waals surface area contributed by atoms with Crippen molar-refractivity contribution in [3.63, 3.8) is 0 Å². The summed E-state index contributed by atoms with van der Waals surface area (Å²) in [6, 6.07) is 21.2. The third-order valence-electron chi connectivity index (χ3n) is 5.11. The number of halogens is 1. The Labute approximate surface area is 202 Å². The molecule has 4 nitrogen and oxygen atoms in total. The zero-order valence-electron chi connectivity index (χ0n) is 19.6. The Hall–Kier alpha value is -1.38. The van der Waals surface area contributed by atoms with Gasteiger partial charge in [-0.2, -0.15) is 0 Å². The van der Waals surface area contributed by atoms with Gasteiger partial charge in [0.25, 0.3) is 8.32 Å². The van der Waals surface area contributed by atoms with Crippen LogP contribution in [0.2, 0.25) is 5.04 Å². The Morgan fingerprint density at radius 2 is 1.42 bits per heavy atom. The molecule has 2 aromatic rings. The minimum Gasteiger partial charge on any atom is -0.444 e. The van der Waals surface area contributed by atoms with Crippen LogP contribution in [0.3, 0.4) is 0 Å². The highest BCUT2D eigenvalue weighted by atomic mass is 127. The first-order chi connectivity index (χ1) is 14.5. The van der Waals surface area contributed by atoms with Gasteiger partial charge in [0.05, 0.1) is 0 Å². The molecule has 2 rings (SSSR count). The van der Waals surface area contributed by atoms with Crippen LogP contribution in [0.4, 0.5) is 4.79 Å². The fourth-order valence-electron chi connectivity index (χ4n) is 3.78. The molecule has 0 aromatic heterocycles. The van der Waals surface area contributed by atoms with Gasteiger partial charge in [0.15, 0.2) is 0 Å².